The molecule has 0 spiro atoms. The molecule has 3 rings (SSSR count). The number of hydrogen-bond donors (Lipinski definition) is 2. The third-order valence-electron chi connectivity index (χ3n) is 5.13. The molecule has 8 heteroatoms. The molecule has 0 fully saturated rings. The van der Waals surface area contributed by atoms with E-state index in [4.69, 9.17) is 9.47 Å². The highest BCUT2D eigenvalue weighted by Gasteiger charge is 2.24. The number of carboxylic acid groups (broad SMARTS) is 1. The van der Waals surface area contributed by atoms with Crippen LogP contribution in [0.15, 0.2) is 53.3 Å². The van der Waals surface area contributed by atoms with Crippen molar-refractivity contribution in [3.8, 4) is 16.9 Å². The number of aromatic nitrogens is 1. The standard InChI is InChI=1S/C25H28N2O6/c1-25(2,3)33-24(31)26-18(23(29)30)14-15-10-12-16(13-11-15)20-21(32-5)17-8-6-7-9-19(17)27(4)22(20)28/h6-13,18H,14H2,1-5H3,(H,26,31)(H,29,30)/t18-/m0/s1. The van der Waals surface area contributed by atoms with Gasteiger partial charge in [0.15, 0.2) is 0 Å². The minimum atomic E-state index is -1.17. The van der Waals surface area contributed by atoms with Crippen LogP contribution in [0.25, 0.3) is 22.0 Å². The van der Waals surface area contributed by atoms with E-state index in [1.165, 1.54) is 7.11 Å². The fourth-order valence-corrected chi connectivity index (χ4v) is 3.63. The van der Waals surface area contributed by atoms with E-state index in [0.717, 1.165) is 10.9 Å². The molecule has 2 aromatic carbocycles. The van der Waals surface area contributed by atoms with E-state index in [-0.39, 0.29) is 12.0 Å². The number of rotatable bonds is 6. The van der Waals surface area contributed by atoms with Crippen molar-refractivity contribution in [3.63, 3.8) is 0 Å². The fraction of sp³-hybridized carbons (Fsp3) is 0.320. The molecule has 0 aliphatic rings. The number of carbonyl (C=O) groups is 2. The molecule has 2 N–H and O–H groups in total. The molecule has 0 radical (unpaired) electrons. The Hall–Kier alpha value is -3.81. The van der Waals surface area contributed by atoms with Gasteiger partial charge in [0.1, 0.15) is 17.4 Å². The molecule has 0 bridgehead atoms. The van der Waals surface area contributed by atoms with Crippen molar-refractivity contribution < 1.29 is 24.2 Å². The molecule has 0 aliphatic heterocycles. The van der Waals surface area contributed by atoms with Crippen LogP contribution in [0.3, 0.4) is 0 Å². The largest absolute Gasteiger partial charge is 0.495 e. The lowest BCUT2D eigenvalue weighted by Gasteiger charge is -2.22. The number of aliphatic carboxylic acids is 1. The Kier molecular flexibility index (Phi) is 6.76. The number of nitrogens with zero attached hydrogens (tertiary/aromatic N) is 1. The molecule has 0 saturated heterocycles. The Bertz CT molecular complexity index is 1240. The van der Waals surface area contributed by atoms with Crippen molar-refractivity contribution in [2.75, 3.05) is 7.11 Å². The molecule has 0 unspecified atom stereocenters. The van der Waals surface area contributed by atoms with Gasteiger partial charge in [0.25, 0.3) is 5.56 Å². The Morgan fingerprint density at radius 3 is 2.30 bits per heavy atom. The van der Waals surface area contributed by atoms with E-state index in [2.05, 4.69) is 5.32 Å². The van der Waals surface area contributed by atoms with Crippen molar-refractivity contribution in [3.05, 3.63) is 64.4 Å². The van der Waals surface area contributed by atoms with Gasteiger partial charge in [0.2, 0.25) is 0 Å². The van der Waals surface area contributed by atoms with Crippen LogP contribution in [0.4, 0.5) is 4.79 Å². The lowest BCUT2D eigenvalue weighted by Crippen LogP contribution is -2.44. The van der Waals surface area contributed by atoms with E-state index in [0.29, 0.717) is 22.4 Å². The lowest BCUT2D eigenvalue weighted by molar-refractivity contribution is -0.139. The molecule has 0 saturated carbocycles. The molecule has 0 aliphatic carbocycles. The summed E-state index contributed by atoms with van der Waals surface area (Å²) in [6, 6.07) is 13.3. The number of alkyl carbamates (subject to hydrolysis) is 1. The number of amides is 1. The second kappa shape index (κ2) is 9.36. The summed E-state index contributed by atoms with van der Waals surface area (Å²) in [7, 11) is 3.24. The Morgan fingerprint density at radius 2 is 1.73 bits per heavy atom. The summed E-state index contributed by atoms with van der Waals surface area (Å²) in [4.78, 5) is 36.7. The van der Waals surface area contributed by atoms with Gasteiger partial charge in [0, 0.05) is 18.9 Å². The summed E-state index contributed by atoms with van der Waals surface area (Å²) in [6.45, 7) is 5.10. The van der Waals surface area contributed by atoms with E-state index in [1.54, 1.807) is 56.7 Å². The number of benzene rings is 2. The average Bonchev–Trinajstić information content (AvgIpc) is 2.75. The average molecular weight is 453 g/mol. The van der Waals surface area contributed by atoms with Gasteiger partial charge in [-0.2, -0.15) is 0 Å². The van der Waals surface area contributed by atoms with Crippen LogP contribution < -0.4 is 15.6 Å². The van der Waals surface area contributed by atoms with Gasteiger partial charge in [-0.05, 0) is 44.0 Å². The van der Waals surface area contributed by atoms with Gasteiger partial charge in [-0.1, -0.05) is 36.4 Å². The van der Waals surface area contributed by atoms with Crippen molar-refractivity contribution in [1.82, 2.24) is 9.88 Å². The SMILES string of the molecule is COc1c(-c2ccc(C[C@H](NC(=O)OC(C)(C)C)C(=O)O)cc2)c(=O)n(C)c2ccccc12. The summed E-state index contributed by atoms with van der Waals surface area (Å²) in [6.07, 6.45) is -0.738. The van der Waals surface area contributed by atoms with Crippen molar-refractivity contribution >= 4 is 23.0 Å². The first-order valence-corrected chi connectivity index (χ1v) is 10.5. The van der Waals surface area contributed by atoms with Crippen molar-refractivity contribution in [2.45, 2.75) is 38.8 Å². The Balaban J connectivity index is 1.91. The van der Waals surface area contributed by atoms with Crippen LogP contribution in [0, 0.1) is 0 Å². The molecule has 3 aromatic rings. The second-order valence-electron chi connectivity index (χ2n) is 8.73. The molecule has 1 amide bonds. The number of ether oxygens (including phenoxy) is 2. The zero-order valence-corrected chi connectivity index (χ0v) is 19.3. The Morgan fingerprint density at radius 1 is 1.09 bits per heavy atom. The van der Waals surface area contributed by atoms with E-state index >= 15 is 0 Å². The van der Waals surface area contributed by atoms with Crippen LogP contribution in [0.1, 0.15) is 26.3 Å². The normalized spacial score (nSPS) is 12.3. The van der Waals surface area contributed by atoms with Gasteiger partial charge >= 0.3 is 12.1 Å². The van der Waals surface area contributed by atoms with Gasteiger partial charge in [-0.25, -0.2) is 9.59 Å². The summed E-state index contributed by atoms with van der Waals surface area (Å²) in [5.74, 6) is -0.688. The highest BCUT2D eigenvalue weighted by atomic mass is 16.6. The maximum Gasteiger partial charge on any atom is 0.408 e. The van der Waals surface area contributed by atoms with E-state index in [1.807, 2.05) is 24.3 Å². The number of nitrogens with one attached hydrogen (secondary N) is 1. The third kappa shape index (κ3) is 5.34. The zero-order chi connectivity index (χ0) is 24.3. The maximum absolute atomic E-state index is 13.1. The molecule has 1 aromatic heterocycles. The second-order valence-corrected chi connectivity index (χ2v) is 8.73. The van der Waals surface area contributed by atoms with Crippen LogP contribution in [-0.4, -0.2) is 40.5 Å². The minimum Gasteiger partial charge on any atom is -0.495 e. The van der Waals surface area contributed by atoms with Gasteiger partial charge in [-0.3, -0.25) is 4.79 Å². The zero-order valence-electron chi connectivity index (χ0n) is 19.3. The highest BCUT2D eigenvalue weighted by Crippen LogP contribution is 2.33. The molecule has 33 heavy (non-hydrogen) atoms. The van der Waals surface area contributed by atoms with Crippen molar-refractivity contribution in [2.24, 2.45) is 7.05 Å². The molecule has 1 atom stereocenters. The van der Waals surface area contributed by atoms with Crippen LogP contribution in [0.5, 0.6) is 5.75 Å². The summed E-state index contributed by atoms with van der Waals surface area (Å²) in [5.41, 5.74) is 1.57. The number of carboxylic acids is 1. The quantitative estimate of drug-likeness (QED) is 0.590. The number of para-hydroxylation sites is 1. The highest BCUT2D eigenvalue weighted by molar-refractivity contribution is 5.92. The molecular weight excluding hydrogens is 424 g/mol. The Labute approximate surface area is 191 Å². The molecule has 174 valence electrons. The monoisotopic (exact) mass is 452 g/mol. The number of aryl methyl sites for hydroxylation is 1. The smallest absolute Gasteiger partial charge is 0.408 e. The number of hydrogen-bond acceptors (Lipinski definition) is 5. The predicted molar refractivity (Wildman–Crippen MR) is 126 cm³/mol. The summed E-state index contributed by atoms with van der Waals surface area (Å²) >= 11 is 0. The van der Waals surface area contributed by atoms with Crippen molar-refractivity contribution in [1.29, 1.82) is 0 Å². The summed E-state index contributed by atoms with van der Waals surface area (Å²) < 4.78 is 12.3. The number of carbonyl (C=O) groups excluding carboxylic acids is 1. The van der Waals surface area contributed by atoms with Gasteiger partial charge < -0.3 is 24.5 Å². The lowest BCUT2D eigenvalue weighted by atomic mass is 9.99. The van der Waals surface area contributed by atoms with Gasteiger partial charge in [0.05, 0.1) is 18.2 Å². The maximum atomic E-state index is 13.1. The van der Waals surface area contributed by atoms with Crippen LogP contribution >= 0.6 is 0 Å². The molecule has 8 nitrogen and oxygen atoms in total. The predicted octanol–water partition coefficient (Wildman–Crippen LogP) is 3.73. The first-order chi connectivity index (χ1) is 15.5. The van der Waals surface area contributed by atoms with Crippen LogP contribution in [-0.2, 0) is 23.0 Å². The first kappa shape index (κ1) is 23.8. The van der Waals surface area contributed by atoms with E-state index in [9.17, 15) is 19.5 Å². The minimum absolute atomic E-state index is 0.0573. The topological polar surface area (TPSA) is 107 Å². The number of pyridine rings is 1. The van der Waals surface area contributed by atoms with Crippen LogP contribution in [0.2, 0.25) is 0 Å². The number of methoxy groups -OCH3 is 1. The molecule has 1 heterocycles. The van der Waals surface area contributed by atoms with Gasteiger partial charge in [-0.15, -0.1) is 0 Å². The summed E-state index contributed by atoms with van der Waals surface area (Å²) in [5, 5.41) is 12.7. The third-order valence-corrected chi connectivity index (χ3v) is 5.13. The fourth-order valence-electron chi connectivity index (χ4n) is 3.63. The number of fused-ring (bicyclic) bond motifs is 1. The first-order valence-electron chi connectivity index (χ1n) is 10.5. The molecular formula is C25H28N2O6. The van der Waals surface area contributed by atoms with E-state index < -0.39 is 23.7 Å².